The number of ether oxygens (including phenoxy) is 1. The molecule has 0 fully saturated rings. The van der Waals surface area contributed by atoms with Crippen molar-refractivity contribution < 1.29 is 9.53 Å². The van der Waals surface area contributed by atoms with Crippen molar-refractivity contribution >= 4 is 6.09 Å². The predicted molar refractivity (Wildman–Crippen MR) is 62.9 cm³/mol. The molecule has 15 heavy (non-hydrogen) atoms. The molecule has 0 spiro atoms. The number of amides is 1. The van der Waals surface area contributed by atoms with Crippen molar-refractivity contribution in [3.8, 4) is 0 Å². The van der Waals surface area contributed by atoms with E-state index in [1.807, 2.05) is 47.6 Å². The molecule has 0 aliphatic carbocycles. The monoisotopic (exact) mass is 213 g/mol. The molecule has 0 N–H and O–H groups in total. The Morgan fingerprint density at radius 2 is 1.73 bits per heavy atom. The van der Waals surface area contributed by atoms with Gasteiger partial charge in [-0.3, -0.25) is 0 Å². The Morgan fingerprint density at radius 1 is 1.27 bits per heavy atom. The van der Waals surface area contributed by atoms with Gasteiger partial charge in [-0.1, -0.05) is 6.08 Å². The zero-order chi connectivity index (χ0) is 12.0. The molecule has 0 aliphatic heterocycles. The van der Waals surface area contributed by atoms with Gasteiger partial charge in [0.25, 0.3) is 0 Å². The van der Waals surface area contributed by atoms with E-state index in [2.05, 4.69) is 0 Å². The summed E-state index contributed by atoms with van der Waals surface area (Å²) in [6.45, 7) is 12.2. The van der Waals surface area contributed by atoms with Crippen LogP contribution in [0.15, 0.2) is 11.6 Å². The van der Waals surface area contributed by atoms with E-state index in [1.165, 1.54) is 0 Å². The topological polar surface area (TPSA) is 29.5 Å². The zero-order valence-corrected chi connectivity index (χ0v) is 10.7. The smallest absolute Gasteiger partial charge is 0.410 e. The molecule has 0 saturated carbocycles. The average Bonchev–Trinajstić information content (AvgIpc) is 2.12. The van der Waals surface area contributed by atoms with E-state index in [4.69, 9.17) is 4.74 Å². The van der Waals surface area contributed by atoms with Crippen LogP contribution in [0.5, 0.6) is 0 Å². The minimum absolute atomic E-state index is 0.170. The van der Waals surface area contributed by atoms with Crippen LogP contribution < -0.4 is 0 Å². The first kappa shape index (κ1) is 14.0. The lowest BCUT2D eigenvalue weighted by Gasteiger charge is -2.29. The second kappa shape index (κ2) is 6.49. The third kappa shape index (κ3) is 4.86. The van der Waals surface area contributed by atoms with Crippen LogP contribution in [0.3, 0.4) is 0 Å². The lowest BCUT2D eigenvalue weighted by atomic mass is 10.2. The number of carbonyl (C=O) groups is 1. The summed E-state index contributed by atoms with van der Waals surface area (Å²) in [5.41, 5.74) is 1.07. The first-order valence-electron chi connectivity index (χ1n) is 5.47. The highest BCUT2D eigenvalue weighted by atomic mass is 16.6. The molecular formula is C12H23NO2. The van der Waals surface area contributed by atoms with Crippen LogP contribution in [0.25, 0.3) is 0 Å². The van der Waals surface area contributed by atoms with Crippen molar-refractivity contribution in [3.05, 3.63) is 11.6 Å². The summed E-state index contributed by atoms with van der Waals surface area (Å²) in [5, 5.41) is 0. The molecule has 3 heteroatoms. The first-order valence-corrected chi connectivity index (χ1v) is 5.47. The van der Waals surface area contributed by atoms with E-state index in [1.54, 1.807) is 4.90 Å². The second-order valence-corrected chi connectivity index (χ2v) is 4.28. The fourth-order valence-corrected chi connectivity index (χ4v) is 1.35. The van der Waals surface area contributed by atoms with Crippen molar-refractivity contribution in [3.63, 3.8) is 0 Å². The van der Waals surface area contributed by atoms with Crippen molar-refractivity contribution in [1.29, 1.82) is 0 Å². The largest absolute Gasteiger partial charge is 0.445 e. The molecule has 3 nitrogen and oxygen atoms in total. The van der Waals surface area contributed by atoms with E-state index in [9.17, 15) is 4.79 Å². The molecule has 0 unspecified atom stereocenters. The summed E-state index contributed by atoms with van der Waals surface area (Å²) in [4.78, 5) is 13.5. The number of allylic oxidation sites excluding steroid dienone is 1. The Labute approximate surface area is 93.1 Å². The molecule has 0 radical (unpaired) electrons. The van der Waals surface area contributed by atoms with Gasteiger partial charge in [-0.25, -0.2) is 4.79 Å². The highest BCUT2D eigenvalue weighted by Crippen LogP contribution is 2.08. The van der Waals surface area contributed by atoms with Crippen LogP contribution in [0.2, 0.25) is 0 Å². The Bertz CT molecular complexity index is 224. The molecule has 0 bridgehead atoms. The average molecular weight is 213 g/mol. The van der Waals surface area contributed by atoms with E-state index in [-0.39, 0.29) is 18.2 Å². The van der Waals surface area contributed by atoms with Crippen molar-refractivity contribution in [1.82, 2.24) is 4.90 Å². The predicted octanol–water partition coefficient (Wildman–Crippen LogP) is 3.21. The molecule has 0 aromatic heterocycles. The Balaban J connectivity index is 4.28. The van der Waals surface area contributed by atoms with Gasteiger partial charge >= 0.3 is 6.09 Å². The first-order chi connectivity index (χ1) is 6.90. The highest BCUT2D eigenvalue weighted by molar-refractivity contribution is 5.68. The molecule has 0 atom stereocenters. The molecule has 0 aromatic rings. The third-order valence-electron chi connectivity index (χ3n) is 2.24. The zero-order valence-electron chi connectivity index (χ0n) is 10.7. The van der Waals surface area contributed by atoms with Crippen LogP contribution in [-0.2, 0) is 4.74 Å². The molecule has 1 amide bonds. The molecule has 0 aromatic carbocycles. The van der Waals surface area contributed by atoms with E-state index < -0.39 is 0 Å². The van der Waals surface area contributed by atoms with Crippen LogP contribution >= 0.6 is 0 Å². The number of rotatable bonds is 4. The number of hydrogen-bond donors (Lipinski definition) is 0. The van der Waals surface area contributed by atoms with Crippen LogP contribution in [0.4, 0.5) is 4.79 Å². The van der Waals surface area contributed by atoms with Gasteiger partial charge in [0.05, 0.1) is 0 Å². The maximum atomic E-state index is 11.7. The second-order valence-electron chi connectivity index (χ2n) is 4.28. The van der Waals surface area contributed by atoms with Gasteiger partial charge < -0.3 is 9.64 Å². The summed E-state index contributed by atoms with van der Waals surface area (Å²) in [6.07, 6.45) is 1.71. The van der Waals surface area contributed by atoms with Gasteiger partial charge in [-0.15, -0.1) is 0 Å². The van der Waals surface area contributed by atoms with E-state index in [0.29, 0.717) is 6.61 Å². The molecular weight excluding hydrogens is 190 g/mol. The van der Waals surface area contributed by atoms with Gasteiger partial charge in [0.2, 0.25) is 0 Å². The maximum absolute atomic E-state index is 11.7. The summed E-state index contributed by atoms with van der Waals surface area (Å²) >= 11 is 0. The minimum Gasteiger partial charge on any atom is -0.445 e. The van der Waals surface area contributed by atoms with E-state index >= 15 is 0 Å². The summed E-state index contributed by atoms with van der Waals surface area (Å²) in [5.74, 6) is 0. The van der Waals surface area contributed by atoms with Gasteiger partial charge in [-0.2, -0.15) is 0 Å². The van der Waals surface area contributed by atoms with Crippen molar-refractivity contribution in [2.75, 3.05) is 6.61 Å². The van der Waals surface area contributed by atoms with Gasteiger partial charge in [0.15, 0.2) is 0 Å². The van der Waals surface area contributed by atoms with Crippen molar-refractivity contribution in [2.45, 2.75) is 53.6 Å². The Morgan fingerprint density at radius 3 is 2.07 bits per heavy atom. The number of carbonyl (C=O) groups excluding carboxylic acids is 1. The van der Waals surface area contributed by atoms with Gasteiger partial charge in [0, 0.05) is 12.1 Å². The fraction of sp³-hybridized carbons (Fsp3) is 0.750. The van der Waals surface area contributed by atoms with Crippen molar-refractivity contribution in [2.24, 2.45) is 0 Å². The molecule has 88 valence electrons. The third-order valence-corrected chi connectivity index (χ3v) is 2.24. The standard InChI is InChI=1S/C12H23NO2/c1-7-11(6)8-15-12(14)13(9(2)3)10(4)5/h7,9-10H,8H2,1-6H3/b11-7+. The number of hydrogen-bond acceptors (Lipinski definition) is 2. The summed E-state index contributed by atoms with van der Waals surface area (Å²) < 4.78 is 5.20. The lowest BCUT2D eigenvalue weighted by Crippen LogP contribution is -2.42. The van der Waals surface area contributed by atoms with Gasteiger partial charge in [-0.05, 0) is 47.1 Å². The van der Waals surface area contributed by atoms with Gasteiger partial charge in [0.1, 0.15) is 6.61 Å². The normalized spacial score (nSPS) is 12.1. The fourth-order valence-electron chi connectivity index (χ4n) is 1.35. The Hall–Kier alpha value is -0.990. The Kier molecular flexibility index (Phi) is 6.06. The minimum atomic E-state index is -0.235. The maximum Gasteiger partial charge on any atom is 0.410 e. The number of nitrogens with zero attached hydrogens (tertiary/aromatic N) is 1. The van der Waals surface area contributed by atoms with E-state index in [0.717, 1.165) is 5.57 Å². The molecule has 0 aliphatic rings. The summed E-state index contributed by atoms with van der Waals surface area (Å²) in [7, 11) is 0. The van der Waals surface area contributed by atoms with Crippen LogP contribution in [0, 0.1) is 0 Å². The lowest BCUT2D eigenvalue weighted by molar-refractivity contribution is 0.0858. The van der Waals surface area contributed by atoms with Crippen LogP contribution in [0.1, 0.15) is 41.5 Å². The SMILES string of the molecule is C/C=C(\C)COC(=O)N(C(C)C)C(C)C. The molecule has 0 saturated heterocycles. The molecule has 0 rings (SSSR count). The van der Waals surface area contributed by atoms with Crippen LogP contribution in [-0.4, -0.2) is 29.7 Å². The summed E-state index contributed by atoms with van der Waals surface area (Å²) in [6, 6.07) is 0.340. The quantitative estimate of drug-likeness (QED) is 0.671. The molecule has 0 heterocycles. The highest BCUT2D eigenvalue weighted by Gasteiger charge is 2.21.